The highest BCUT2D eigenvalue weighted by Gasteiger charge is 2.24. The molecule has 1 atom stereocenters. The van der Waals surface area contributed by atoms with Crippen molar-refractivity contribution in [3.05, 3.63) is 29.1 Å². The Labute approximate surface area is 89.5 Å². The summed E-state index contributed by atoms with van der Waals surface area (Å²) < 4.78 is 0. The van der Waals surface area contributed by atoms with Crippen LogP contribution in [0.25, 0.3) is 0 Å². The molecule has 74 valence electrons. The van der Waals surface area contributed by atoms with Gasteiger partial charge in [0.25, 0.3) is 0 Å². The average Bonchev–Trinajstić information content (AvgIpc) is 2.17. The number of hydrogen-bond donors (Lipinski definition) is 1. The monoisotopic (exact) mass is 206 g/mol. The third-order valence-corrected chi connectivity index (χ3v) is 3.20. The van der Waals surface area contributed by atoms with Gasteiger partial charge >= 0.3 is 0 Å². The molecule has 2 N–H and O–H groups in total. The van der Waals surface area contributed by atoms with E-state index in [2.05, 4.69) is 18.0 Å². The maximum absolute atomic E-state index is 5.72. The molecule has 2 nitrogen and oxygen atoms in total. The van der Waals surface area contributed by atoms with Gasteiger partial charge in [0.15, 0.2) is 0 Å². The summed E-state index contributed by atoms with van der Waals surface area (Å²) in [4.78, 5) is 5.00. The Balaban J connectivity index is 2.49. The van der Waals surface area contributed by atoms with Gasteiger partial charge in [-0.25, -0.2) is 0 Å². The van der Waals surface area contributed by atoms with Gasteiger partial charge in [0.05, 0.1) is 16.6 Å². The van der Waals surface area contributed by atoms with Gasteiger partial charge in [-0.2, -0.15) is 0 Å². The number of rotatable bonds is 1. The Bertz CT molecular complexity index is 374. The molecule has 0 bridgehead atoms. The summed E-state index contributed by atoms with van der Waals surface area (Å²) in [7, 11) is 0. The van der Waals surface area contributed by atoms with E-state index >= 15 is 0 Å². The second-order valence-electron chi connectivity index (χ2n) is 3.84. The molecular weight excluding hydrogens is 192 g/mol. The largest absolute Gasteiger partial charge is 0.393 e. The van der Waals surface area contributed by atoms with Crippen LogP contribution in [0.5, 0.6) is 0 Å². The van der Waals surface area contributed by atoms with E-state index in [0.29, 0.717) is 4.99 Å². The molecule has 0 saturated heterocycles. The minimum Gasteiger partial charge on any atom is -0.393 e. The lowest BCUT2D eigenvalue weighted by Gasteiger charge is -2.24. The predicted octanol–water partition coefficient (Wildman–Crippen LogP) is 2.10. The number of nitrogens with zero attached hydrogens (tertiary/aromatic N) is 1. The second-order valence-corrected chi connectivity index (χ2v) is 4.31. The molecule has 2 rings (SSSR count). The number of nitrogens with two attached hydrogens (primary N) is 1. The summed E-state index contributed by atoms with van der Waals surface area (Å²) >= 11 is 5.07. The first-order valence-corrected chi connectivity index (χ1v) is 5.34. The van der Waals surface area contributed by atoms with E-state index in [0.717, 1.165) is 18.5 Å². The van der Waals surface area contributed by atoms with Crippen LogP contribution in [0.4, 0.5) is 0 Å². The molecule has 1 heterocycles. The van der Waals surface area contributed by atoms with Crippen molar-refractivity contribution in [2.75, 3.05) is 0 Å². The molecule has 0 amide bonds. The molecule has 0 radical (unpaired) electrons. The third-order valence-electron chi connectivity index (χ3n) is 2.92. The minimum absolute atomic E-state index is 0.202. The van der Waals surface area contributed by atoms with Crippen LogP contribution in [0.3, 0.4) is 0 Å². The van der Waals surface area contributed by atoms with E-state index in [1.165, 1.54) is 17.5 Å². The first kappa shape index (κ1) is 9.59. The molecule has 0 saturated carbocycles. The molecular formula is C11H14N2S. The van der Waals surface area contributed by atoms with Crippen LogP contribution >= 0.6 is 12.2 Å². The summed E-state index contributed by atoms with van der Waals surface area (Å²) in [6.07, 6.45) is 5.19. The molecule has 3 heteroatoms. The zero-order valence-electron chi connectivity index (χ0n) is 8.29. The van der Waals surface area contributed by atoms with E-state index in [9.17, 15) is 0 Å². The van der Waals surface area contributed by atoms with Gasteiger partial charge in [0, 0.05) is 6.20 Å². The third kappa shape index (κ3) is 1.52. The van der Waals surface area contributed by atoms with Crippen molar-refractivity contribution >= 4 is 17.2 Å². The number of thiocarbonyl (C=S) groups is 1. The van der Waals surface area contributed by atoms with Gasteiger partial charge in [-0.1, -0.05) is 12.2 Å². The predicted molar refractivity (Wildman–Crippen MR) is 61.4 cm³/mol. The number of aromatic nitrogens is 1. The van der Waals surface area contributed by atoms with Crippen molar-refractivity contribution < 1.29 is 0 Å². The van der Waals surface area contributed by atoms with Crippen LogP contribution in [-0.4, -0.2) is 9.97 Å². The van der Waals surface area contributed by atoms with Gasteiger partial charge in [-0.05, 0) is 43.4 Å². The second kappa shape index (κ2) is 3.65. The van der Waals surface area contributed by atoms with Crippen molar-refractivity contribution in [3.63, 3.8) is 0 Å². The molecule has 1 unspecified atom stereocenters. The van der Waals surface area contributed by atoms with E-state index in [1.54, 1.807) is 0 Å². The van der Waals surface area contributed by atoms with E-state index < -0.39 is 0 Å². The fourth-order valence-electron chi connectivity index (χ4n) is 2.13. The van der Waals surface area contributed by atoms with E-state index in [-0.39, 0.29) is 5.92 Å². The Morgan fingerprint density at radius 2 is 2.43 bits per heavy atom. The fourth-order valence-corrected chi connectivity index (χ4v) is 2.36. The Morgan fingerprint density at radius 1 is 1.64 bits per heavy atom. The molecule has 0 fully saturated rings. The quantitative estimate of drug-likeness (QED) is 0.715. The minimum atomic E-state index is 0.202. The van der Waals surface area contributed by atoms with Crippen LogP contribution in [0.1, 0.15) is 35.6 Å². The normalized spacial score (nSPS) is 20.2. The Hall–Kier alpha value is -0.960. The van der Waals surface area contributed by atoms with Crippen LogP contribution in [-0.2, 0) is 6.42 Å². The highest BCUT2D eigenvalue weighted by atomic mass is 32.1. The first-order chi connectivity index (χ1) is 6.70. The van der Waals surface area contributed by atoms with Crippen molar-refractivity contribution in [3.8, 4) is 0 Å². The average molecular weight is 206 g/mol. The fraction of sp³-hybridized carbons (Fsp3) is 0.455. The SMILES string of the molecule is Cc1ccnc2c1CCCC2C(N)=S. The number of pyridine rings is 1. The van der Waals surface area contributed by atoms with Gasteiger partial charge in [-0.3, -0.25) is 4.98 Å². The summed E-state index contributed by atoms with van der Waals surface area (Å²) in [5.74, 6) is 0.202. The molecule has 14 heavy (non-hydrogen) atoms. The van der Waals surface area contributed by atoms with Gasteiger partial charge in [0.2, 0.25) is 0 Å². The van der Waals surface area contributed by atoms with Crippen molar-refractivity contribution in [1.82, 2.24) is 4.98 Å². The number of aryl methyl sites for hydroxylation is 1. The van der Waals surface area contributed by atoms with E-state index in [1.807, 2.05) is 6.20 Å². The Morgan fingerprint density at radius 3 is 3.14 bits per heavy atom. The zero-order valence-corrected chi connectivity index (χ0v) is 9.10. The van der Waals surface area contributed by atoms with Gasteiger partial charge in [-0.15, -0.1) is 0 Å². The van der Waals surface area contributed by atoms with Crippen molar-refractivity contribution in [2.24, 2.45) is 5.73 Å². The van der Waals surface area contributed by atoms with Crippen LogP contribution in [0.15, 0.2) is 12.3 Å². The molecule has 0 aromatic carbocycles. The topological polar surface area (TPSA) is 38.9 Å². The molecule has 0 aliphatic heterocycles. The highest BCUT2D eigenvalue weighted by molar-refractivity contribution is 7.80. The lowest BCUT2D eigenvalue weighted by Crippen LogP contribution is -2.24. The number of fused-ring (bicyclic) bond motifs is 1. The Kier molecular flexibility index (Phi) is 2.50. The molecule has 1 aromatic rings. The lowest BCUT2D eigenvalue weighted by atomic mass is 9.85. The van der Waals surface area contributed by atoms with Crippen molar-refractivity contribution in [1.29, 1.82) is 0 Å². The molecule has 0 spiro atoms. The van der Waals surface area contributed by atoms with Crippen molar-refractivity contribution in [2.45, 2.75) is 32.1 Å². The first-order valence-electron chi connectivity index (χ1n) is 4.94. The maximum Gasteiger partial charge on any atom is 0.0819 e. The lowest BCUT2D eigenvalue weighted by molar-refractivity contribution is 0.630. The van der Waals surface area contributed by atoms with E-state index in [4.69, 9.17) is 18.0 Å². The summed E-state index contributed by atoms with van der Waals surface area (Å²) in [5.41, 5.74) is 9.51. The summed E-state index contributed by atoms with van der Waals surface area (Å²) in [6, 6.07) is 2.06. The van der Waals surface area contributed by atoms with Gasteiger partial charge < -0.3 is 5.73 Å². The van der Waals surface area contributed by atoms with Crippen LogP contribution in [0.2, 0.25) is 0 Å². The molecule has 1 aliphatic carbocycles. The maximum atomic E-state index is 5.72. The standard InChI is InChI=1S/C11H14N2S/c1-7-5-6-13-10-8(7)3-2-4-9(10)11(12)14/h5-6,9H,2-4H2,1H3,(H2,12,14). The summed E-state index contributed by atoms with van der Waals surface area (Å²) in [6.45, 7) is 2.13. The molecule has 1 aliphatic rings. The zero-order chi connectivity index (χ0) is 10.1. The highest BCUT2D eigenvalue weighted by Crippen LogP contribution is 2.31. The van der Waals surface area contributed by atoms with Crippen LogP contribution < -0.4 is 5.73 Å². The number of hydrogen-bond acceptors (Lipinski definition) is 2. The van der Waals surface area contributed by atoms with Crippen LogP contribution in [0, 0.1) is 6.92 Å². The summed E-state index contributed by atoms with van der Waals surface area (Å²) in [5, 5.41) is 0. The van der Waals surface area contributed by atoms with Gasteiger partial charge in [0.1, 0.15) is 0 Å². The smallest absolute Gasteiger partial charge is 0.0819 e. The molecule has 1 aromatic heterocycles.